The second kappa shape index (κ2) is 6.02. The third kappa shape index (κ3) is 3.23. The number of phenols is 1. The Hall–Kier alpha value is -2.61. The fourth-order valence-corrected chi connectivity index (χ4v) is 2.01. The van der Waals surface area contributed by atoms with Gasteiger partial charge in [0.1, 0.15) is 5.56 Å². The van der Waals surface area contributed by atoms with Crippen LogP contribution in [0.5, 0.6) is 5.75 Å². The highest BCUT2D eigenvalue weighted by Crippen LogP contribution is 2.27. The van der Waals surface area contributed by atoms with Crippen LogP contribution in [0.3, 0.4) is 0 Å². The Morgan fingerprint density at radius 2 is 2.15 bits per heavy atom. The summed E-state index contributed by atoms with van der Waals surface area (Å²) in [7, 11) is 0. The molecular formula is C12H11N3O4S. The van der Waals surface area contributed by atoms with Crippen LogP contribution in [0.2, 0.25) is 0 Å². The molecule has 8 heteroatoms. The van der Waals surface area contributed by atoms with Crippen molar-refractivity contribution in [1.82, 2.24) is 10.3 Å². The van der Waals surface area contributed by atoms with E-state index in [2.05, 4.69) is 15.6 Å². The van der Waals surface area contributed by atoms with E-state index >= 15 is 0 Å². The van der Waals surface area contributed by atoms with Crippen LogP contribution in [0.15, 0.2) is 29.9 Å². The molecule has 0 aliphatic carbocycles. The normalized spacial score (nSPS) is 10.0. The van der Waals surface area contributed by atoms with E-state index in [1.807, 2.05) is 0 Å². The molecule has 2 amide bonds. The molecule has 0 fully saturated rings. The monoisotopic (exact) mass is 293 g/mol. The fourth-order valence-electron chi connectivity index (χ4n) is 1.48. The van der Waals surface area contributed by atoms with E-state index in [4.69, 9.17) is 5.11 Å². The largest absolute Gasteiger partial charge is 0.505 e. The Balaban J connectivity index is 2.01. The number of nitrogens with zero attached hydrogens (tertiary/aromatic N) is 1. The van der Waals surface area contributed by atoms with Crippen LogP contribution >= 0.6 is 11.3 Å². The number of hydrogen-bond acceptors (Lipinski definition) is 5. The van der Waals surface area contributed by atoms with Gasteiger partial charge in [-0.15, -0.1) is 11.3 Å². The number of nitrogens with one attached hydrogen (secondary N) is 2. The van der Waals surface area contributed by atoms with Crippen molar-refractivity contribution in [3.8, 4) is 5.75 Å². The highest BCUT2D eigenvalue weighted by atomic mass is 32.1. The minimum absolute atomic E-state index is 0.0340. The second-order valence-corrected chi connectivity index (χ2v) is 4.75. The van der Waals surface area contributed by atoms with Gasteiger partial charge in [-0.25, -0.2) is 9.59 Å². The average Bonchev–Trinajstić information content (AvgIpc) is 2.91. The minimum Gasteiger partial charge on any atom is -0.505 e. The number of aromatic nitrogens is 1. The van der Waals surface area contributed by atoms with Crippen LogP contribution in [-0.4, -0.2) is 27.2 Å². The van der Waals surface area contributed by atoms with Crippen LogP contribution < -0.4 is 10.6 Å². The fraction of sp³-hybridized carbons (Fsp3) is 0.0833. The Morgan fingerprint density at radius 1 is 1.35 bits per heavy atom. The van der Waals surface area contributed by atoms with Crippen molar-refractivity contribution in [1.29, 1.82) is 0 Å². The zero-order valence-corrected chi connectivity index (χ0v) is 11.0. The lowest BCUT2D eigenvalue weighted by Gasteiger charge is -2.09. The quantitative estimate of drug-likeness (QED) is 0.643. The smallest absolute Gasteiger partial charge is 0.339 e. The summed E-state index contributed by atoms with van der Waals surface area (Å²) in [6, 6.07) is 3.55. The molecule has 0 saturated heterocycles. The number of urea groups is 1. The number of thiazole rings is 1. The van der Waals surface area contributed by atoms with E-state index in [1.165, 1.54) is 29.5 Å². The maximum absolute atomic E-state index is 11.6. The SMILES string of the molecule is O=C(NCc1cncs1)Nc1cccc(C(=O)O)c1O. The van der Waals surface area contributed by atoms with E-state index in [9.17, 15) is 14.7 Å². The number of anilines is 1. The van der Waals surface area contributed by atoms with Gasteiger partial charge in [-0.1, -0.05) is 6.07 Å². The summed E-state index contributed by atoms with van der Waals surface area (Å²) in [5, 5.41) is 23.5. The topological polar surface area (TPSA) is 112 Å². The zero-order valence-electron chi connectivity index (χ0n) is 10.2. The first-order valence-corrected chi connectivity index (χ1v) is 6.43. The summed E-state index contributed by atoms with van der Waals surface area (Å²) in [4.78, 5) is 27.2. The molecule has 4 N–H and O–H groups in total. The van der Waals surface area contributed by atoms with Gasteiger partial charge >= 0.3 is 12.0 Å². The lowest BCUT2D eigenvalue weighted by Crippen LogP contribution is -2.28. The molecule has 2 aromatic rings. The molecule has 0 saturated carbocycles. The first-order valence-electron chi connectivity index (χ1n) is 5.55. The molecule has 20 heavy (non-hydrogen) atoms. The third-order valence-electron chi connectivity index (χ3n) is 2.42. The predicted molar refractivity (Wildman–Crippen MR) is 73.0 cm³/mol. The Labute approximate surface area is 117 Å². The highest BCUT2D eigenvalue weighted by molar-refractivity contribution is 7.09. The number of carbonyl (C=O) groups is 2. The molecule has 2 rings (SSSR count). The second-order valence-electron chi connectivity index (χ2n) is 3.78. The number of benzene rings is 1. The molecule has 0 aliphatic rings. The lowest BCUT2D eigenvalue weighted by molar-refractivity contribution is 0.0694. The van der Waals surface area contributed by atoms with Gasteiger partial charge < -0.3 is 20.8 Å². The minimum atomic E-state index is -1.27. The molecule has 0 spiro atoms. The summed E-state index contributed by atoms with van der Waals surface area (Å²) < 4.78 is 0. The van der Waals surface area contributed by atoms with E-state index in [0.717, 1.165) is 4.88 Å². The molecule has 0 radical (unpaired) electrons. The number of rotatable bonds is 4. The van der Waals surface area contributed by atoms with E-state index < -0.39 is 17.7 Å². The van der Waals surface area contributed by atoms with Crippen LogP contribution in [0.4, 0.5) is 10.5 Å². The van der Waals surface area contributed by atoms with Crippen molar-refractivity contribution in [3.05, 3.63) is 40.3 Å². The maximum atomic E-state index is 11.6. The van der Waals surface area contributed by atoms with Gasteiger partial charge in [0.15, 0.2) is 5.75 Å². The first kappa shape index (κ1) is 13.8. The maximum Gasteiger partial charge on any atom is 0.339 e. The van der Waals surface area contributed by atoms with E-state index in [-0.39, 0.29) is 11.3 Å². The highest BCUT2D eigenvalue weighted by Gasteiger charge is 2.14. The molecule has 0 atom stereocenters. The third-order valence-corrected chi connectivity index (χ3v) is 3.20. The Bertz CT molecular complexity index is 628. The predicted octanol–water partition coefficient (Wildman–Crippen LogP) is 1.87. The van der Waals surface area contributed by atoms with Gasteiger partial charge in [-0.2, -0.15) is 0 Å². The van der Waals surface area contributed by atoms with Crippen LogP contribution in [-0.2, 0) is 6.54 Å². The van der Waals surface area contributed by atoms with Gasteiger partial charge in [0.2, 0.25) is 0 Å². The zero-order chi connectivity index (χ0) is 14.5. The van der Waals surface area contributed by atoms with E-state index in [1.54, 1.807) is 11.7 Å². The summed E-state index contributed by atoms with van der Waals surface area (Å²) in [6.07, 6.45) is 1.63. The van der Waals surface area contributed by atoms with Crippen molar-refractivity contribution in [2.75, 3.05) is 5.32 Å². The van der Waals surface area contributed by atoms with Gasteiger partial charge in [-0.05, 0) is 12.1 Å². The number of aromatic carboxylic acids is 1. The van der Waals surface area contributed by atoms with Crippen LogP contribution in [0, 0.1) is 0 Å². The summed E-state index contributed by atoms with van der Waals surface area (Å²) >= 11 is 1.40. The van der Waals surface area contributed by atoms with E-state index in [0.29, 0.717) is 6.54 Å². The number of carboxylic acids is 1. The van der Waals surface area contributed by atoms with Gasteiger partial charge in [0.25, 0.3) is 0 Å². The number of aromatic hydroxyl groups is 1. The van der Waals surface area contributed by atoms with Crippen molar-refractivity contribution >= 4 is 29.0 Å². The Kier molecular flexibility index (Phi) is 4.16. The van der Waals surface area contributed by atoms with Crippen molar-refractivity contribution < 1.29 is 19.8 Å². The summed E-state index contributed by atoms with van der Waals surface area (Å²) in [6.45, 7) is 0.301. The molecular weight excluding hydrogens is 282 g/mol. The number of para-hydroxylation sites is 1. The van der Waals surface area contributed by atoms with Gasteiger partial charge in [-0.3, -0.25) is 4.98 Å². The van der Waals surface area contributed by atoms with Crippen LogP contribution in [0.25, 0.3) is 0 Å². The Morgan fingerprint density at radius 3 is 2.80 bits per heavy atom. The van der Waals surface area contributed by atoms with Crippen molar-refractivity contribution in [3.63, 3.8) is 0 Å². The number of carbonyl (C=O) groups excluding carboxylic acids is 1. The standard InChI is InChI=1S/C12H11N3O4S/c16-10-8(11(17)18)2-1-3-9(10)15-12(19)14-5-7-4-13-6-20-7/h1-4,6,16H,5H2,(H,17,18)(H2,14,15,19). The molecule has 7 nitrogen and oxygen atoms in total. The average molecular weight is 293 g/mol. The van der Waals surface area contributed by atoms with Crippen molar-refractivity contribution in [2.24, 2.45) is 0 Å². The summed E-state index contributed by atoms with van der Waals surface area (Å²) in [5.74, 6) is -1.75. The molecule has 104 valence electrons. The van der Waals surface area contributed by atoms with Gasteiger partial charge in [0.05, 0.1) is 17.7 Å². The summed E-state index contributed by atoms with van der Waals surface area (Å²) in [5.41, 5.74) is 1.41. The molecule has 0 aliphatic heterocycles. The number of amides is 2. The first-order chi connectivity index (χ1) is 9.58. The van der Waals surface area contributed by atoms with Crippen LogP contribution in [0.1, 0.15) is 15.2 Å². The molecule has 1 heterocycles. The van der Waals surface area contributed by atoms with Gasteiger partial charge in [0, 0.05) is 11.1 Å². The number of hydrogen-bond donors (Lipinski definition) is 4. The molecule has 1 aromatic carbocycles. The molecule has 0 bridgehead atoms. The lowest BCUT2D eigenvalue weighted by atomic mass is 10.2. The molecule has 0 unspecified atom stereocenters. The van der Waals surface area contributed by atoms with Crippen molar-refractivity contribution in [2.45, 2.75) is 6.54 Å². The molecule has 1 aromatic heterocycles. The number of carboxylic acid groups (broad SMARTS) is 1.